The number of carbonyl (C=O) groups excluding carboxylic acids is 1. The van der Waals surface area contributed by atoms with Gasteiger partial charge in [0.25, 0.3) is 0 Å². The molecule has 0 N–H and O–H groups in total. The van der Waals surface area contributed by atoms with Crippen molar-refractivity contribution in [1.82, 2.24) is 0 Å². The van der Waals surface area contributed by atoms with E-state index in [1.54, 1.807) is 0 Å². The molecule has 0 heterocycles. The van der Waals surface area contributed by atoms with Gasteiger partial charge in [0.15, 0.2) is 5.78 Å². The summed E-state index contributed by atoms with van der Waals surface area (Å²) in [5.74, 6) is -0.612. The van der Waals surface area contributed by atoms with Crippen molar-refractivity contribution in [3.05, 3.63) is 33.8 Å². The lowest BCUT2D eigenvalue weighted by molar-refractivity contribution is -0.137. The molecule has 1 aromatic carbocycles. The van der Waals surface area contributed by atoms with Crippen molar-refractivity contribution in [1.29, 1.82) is 5.26 Å². The summed E-state index contributed by atoms with van der Waals surface area (Å²) in [6.45, 7) is 1.09. The van der Waals surface area contributed by atoms with Gasteiger partial charge in [-0.15, -0.1) is 0 Å². The van der Waals surface area contributed by atoms with E-state index in [2.05, 4.69) is 0 Å². The van der Waals surface area contributed by atoms with Crippen LogP contribution >= 0.6 is 11.6 Å². The number of hydrogen-bond donors (Lipinski definition) is 0. The van der Waals surface area contributed by atoms with Crippen LogP contribution in [0.1, 0.15) is 28.4 Å². The maximum atomic E-state index is 12.6. The van der Waals surface area contributed by atoms with E-state index in [-0.39, 0.29) is 5.56 Å². The minimum Gasteiger partial charge on any atom is -0.294 e. The van der Waals surface area contributed by atoms with Gasteiger partial charge in [0.1, 0.15) is 6.07 Å². The van der Waals surface area contributed by atoms with Gasteiger partial charge < -0.3 is 0 Å². The molecular weight excluding hydrogens is 243 g/mol. The second-order valence-corrected chi connectivity index (χ2v) is 3.42. The highest BCUT2D eigenvalue weighted by atomic mass is 35.5. The van der Waals surface area contributed by atoms with Gasteiger partial charge in [-0.2, -0.15) is 18.4 Å². The van der Waals surface area contributed by atoms with Gasteiger partial charge in [-0.1, -0.05) is 11.6 Å². The van der Waals surface area contributed by atoms with E-state index in [1.807, 2.05) is 0 Å². The SMILES string of the molecule is CC(=O)c1ccc(Cl)c(C(F)(F)F)c1C#N. The van der Waals surface area contributed by atoms with Crippen LogP contribution in [-0.2, 0) is 6.18 Å². The third-order valence-corrected chi connectivity index (χ3v) is 2.24. The van der Waals surface area contributed by atoms with Crippen molar-refractivity contribution in [3.8, 4) is 6.07 Å². The number of benzene rings is 1. The zero-order valence-corrected chi connectivity index (χ0v) is 8.78. The Hall–Kier alpha value is -1.54. The van der Waals surface area contributed by atoms with Gasteiger partial charge in [-0.3, -0.25) is 4.79 Å². The summed E-state index contributed by atoms with van der Waals surface area (Å²) in [4.78, 5) is 11.1. The Bertz CT molecular complexity index is 488. The van der Waals surface area contributed by atoms with Crippen LogP contribution in [0.25, 0.3) is 0 Å². The van der Waals surface area contributed by atoms with Gasteiger partial charge >= 0.3 is 6.18 Å². The molecule has 0 amide bonds. The molecule has 0 fully saturated rings. The first-order chi connectivity index (χ1) is 7.29. The molecular formula is C10H5ClF3NO. The van der Waals surface area contributed by atoms with Crippen LogP contribution in [0.4, 0.5) is 13.2 Å². The van der Waals surface area contributed by atoms with Gasteiger partial charge in [0, 0.05) is 5.56 Å². The minimum atomic E-state index is -4.76. The Kier molecular flexibility index (Phi) is 3.24. The van der Waals surface area contributed by atoms with Crippen LogP contribution in [0.5, 0.6) is 0 Å². The number of Topliss-reactive ketones (excluding diaryl/α,β-unsaturated/α-hetero) is 1. The molecule has 0 aromatic heterocycles. The van der Waals surface area contributed by atoms with Crippen molar-refractivity contribution in [2.75, 3.05) is 0 Å². The summed E-state index contributed by atoms with van der Waals surface area (Å²) in [6, 6.07) is 3.44. The number of ketones is 1. The molecule has 16 heavy (non-hydrogen) atoms. The first kappa shape index (κ1) is 12.5. The van der Waals surface area contributed by atoms with Crippen molar-refractivity contribution in [2.45, 2.75) is 13.1 Å². The van der Waals surface area contributed by atoms with E-state index in [0.717, 1.165) is 19.1 Å². The maximum absolute atomic E-state index is 12.6. The van der Waals surface area contributed by atoms with E-state index in [1.165, 1.54) is 6.07 Å². The molecule has 0 radical (unpaired) electrons. The Labute approximate surface area is 94.2 Å². The summed E-state index contributed by atoms with van der Waals surface area (Å²) in [5, 5.41) is 8.09. The van der Waals surface area contributed by atoms with E-state index in [4.69, 9.17) is 16.9 Å². The predicted molar refractivity (Wildman–Crippen MR) is 51.2 cm³/mol. The smallest absolute Gasteiger partial charge is 0.294 e. The van der Waals surface area contributed by atoms with Crippen molar-refractivity contribution in [3.63, 3.8) is 0 Å². The van der Waals surface area contributed by atoms with E-state index >= 15 is 0 Å². The summed E-state index contributed by atoms with van der Waals surface area (Å²) in [6.07, 6.45) is -4.76. The third kappa shape index (κ3) is 2.17. The Balaban J connectivity index is 3.66. The molecule has 0 saturated carbocycles. The number of nitrogens with zero attached hydrogens (tertiary/aromatic N) is 1. The van der Waals surface area contributed by atoms with Crippen molar-refractivity contribution < 1.29 is 18.0 Å². The summed E-state index contributed by atoms with van der Waals surface area (Å²) in [5.41, 5.74) is -2.27. The van der Waals surface area contributed by atoms with Crippen LogP contribution in [0.3, 0.4) is 0 Å². The number of hydrogen-bond acceptors (Lipinski definition) is 2. The maximum Gasteiger partial charge on any atom is 0.419 e. The first-order valence-corrected chi connectivity index (χ1v) is 4.47. The fraction of sp³-hybridized carbons (Fsp3) is 0.200. The number of rotatable bonds is 1. The number of carbonyl (C=O) groups is 1. The molecule has 1 aromatic rings. The molecule has 0 saturated heterocycles. The summed E-state index contributed by atoms with van der Waals surface area (Å²) < 4.78 is 37.8. The normalized spacial score (nSPS) is 11.0. The zero-order chi connectivity index (χ0) is 12.5. The third-order valence-electron chi connectivity index (χ3n) is 1.93. The topological polar surface area (TPSA) is 40.9 Å². The first-order valence-electron chi connectivity index (χ1n) is 4.09. The zero-order valence-electron chi connectivity index (χ0n) is 8.02. The lowest BCUT2D eigenvalue weighted by atomic mass is 9.99. The average molecular weight is 248 g/mol. The summed E-state index contributed by atoms with van der Waals surface area (Å²) >= 11 is 5.39. The molecule has 2 nitrogen and oxygen atoms in total. The van der Waals surface area contributed by atoms with Crippen molar-refractivity contribution in [2.24, 2.45) is 0 Å². The van der Waals surface area contributed by atoms with Crippen molar-refractivity contribution >= 4 is 17.4 Å². The fourth-order valence-corrected chi connectivity index (χ4v) is 1.53. The molecule has 1 rings (SSSR count). The van der Waals surface area contributed by atoms with Crippen LogP contribution in [0, 0.1) is 11.3 Å². The van der Waals surface area contributed by atoms with Crippen LogP contribution < -0.4 is 0 Å². The second-order valence-electron chi connectivity index (χ2n) is 3.01. The van der Waals surface area contributed by atoms with Gasteiger partial charge in [-0.25, -0.2) is 0 Å². The molecule has 0 atom stereocenters. The Morgan fingerprint density at radius 1 is 1.44 bits per heavy atom. The molecule has 0 aliphatic carbocycles. The molecule has 0 spiro atoms. The van der Waals surface area contributed by atoms with E-state index < -0.39 is 28.1 Å². The average Bonchev–Trinajstić information content (AvgIpc) is 2.14. The Morgan fingerprint density at radius 3 is 2.38 bits per heavy atom. The highest BCUT2D eigenvalue weighted by Gasteiger charge is 2.37. The monoisotopic (exact) mass is 247 g/mol. The van der Waals surface area contributed by atoms with Crippen LogP contribution in [0.2, 0.25) is 5.02 Å². The lowest BCUT2D eigenvalue weighted by Crippen LogP contribution is -2.12. The molecule has 84 valence electrons. The van der Waals surface area contributed by atoms with Gasteiger partial charge in [-0.05, 0) is 19.1 Å². The predicted octanol–water partition coefficient (Wildman–Crippen LogP) is 3.43. The highest BCUT2D eigenvalue weighted by Crippen LogP contribution is 2.38. The summed E-state index contributed by atoms with van der Waals surface area (Å²) in [7, 11) is 0. The molecule has 6 heteroatoms. The lowest BCUT2D eigenvalue weighted by Gasteiger charge is -2.12. The molecule has 0 aliphatic heterocycles. The largest absolute Gasteiger partial charge is 0.419 e. The second kappa shape index (κ2) is 4.14. The minimum absolute atomic E-state index is 0.278. The van der Waals surface area contributed by atoms with Crippen LogP contribution in [0.15, 0.2) is 12.1 Å². The quantitative estimate of drug-likeness (QED) is 0.714. The van der Waals surface area contributed by atoms with Gasteiger partial charge in [0.05, 0.1) is 16.1 Å². The highest BCUT2D eigenvalue weighted by molar-refractivity contribution is 6.31. The van der Waals surface area contributed by atoms with E-state index in [9.17, 15) is 18.0 Å². The van der Waals surface area contributed by atoms with Gasteiger partial charge in [0.2, 0.25) is 0 Å². The number of nitriles is 1. The fourth-order valence-electron chi connectivity index (χ4n) is 1.26. The number of halogens is 4. The number of alkyl halides is 3. The Morgan fingerprint density at radius 2 is 2.00 bits per heavy atom. The standard InChI is InChI=1S/C10H5ClF3NO/c1-5(16)6-2-3-8(11)9(7(6)4-15)10(12,13)14/h2-3H,1H3. The van der Waals surface area contributed by atoms with E-state index in [0.29, 0.717) is 0 Å². The molecule has 0 unspecified atom stereocenters. The van der Waals surface area contributed by atoms with Crippen LogP contribution in [-0.4, -0.2) is 5.78 Å². The molecule has 0 bridgehead atoms. The molecule has 0 aliphatic rings.